The first-order chi connectivity index (χ1) is 5.97. The van der Waals surface area contributed by atoms with Crippen molar-refractivity contribution < 1.29 is 8.42 Å². The summed E-state index contributed by atoms with van der Waals surface area (Å²) < 4.78 is 24.0. The number of hydrogen-bond acceptors (Lipinski definition) is 5. The van der Waals surface area contributed by atoms with Gasteiger partial charge in [-0.2, -0.15) is 0 Å². The maximum absolute atomic E-state index is 11.6. The Bertz CT molecular complexity index is 329. The first-order valence-corrected chi connectivity index (χ1v) is 6.15. The van der Waals surface area contributed by atoms with E-state index < -0.39 is 14.4 Å². The molecule has 1 aliphatic heterocycles. The number of hydrogen-bond donors (Lipinski definition) is 3. The van der Waals surface area contributed by atoms with Gasteiger partial charge in [-0.15, -0.1) is 0 Å². The smallest absolute Gasteiger partial charge is 0.260 e. The van der Waals surface area contributed by atoms with Crippen LogP contribution in [0.1, 0.15) is 0 Å². The molecule has 0 aromatic heterocycles. The van der Waals surface area contributed by atoms with Crippen molar-refractivity contribution in [1.82, 2.24) is 15.4 Å². The van der Waals surface area contributed by atoms with Crippen molar-refractivity contribution in [1.29, 1.82) is 0 Å². The van der Waals surface area contributed by atoms with E-state index in [2.05, 4.69) is 15.4 Å². The molecule has 3 N–H and O–H groups in total. The highest BCUT2D eigenvalue weighted by molar-refractivity contribution is 8.15. The van der Waals surface area contributed by atoms with E-state index in [9.17, 15) is 8.42 Å². The molecule has 1 aliphatic rings. The predicted octanol–water partition coefficient (Wildman–Crippen LogP) is -0.260. The molecule has 0 aromatic rings. The van der Waals surface area contributed by atoms with Gasteiger partial charge in [-0.3, -0.25) is 5.32 Å². The number of nitrogens with one attached hydrogen (secondary N) is 3. The first kappa shape index (κ1) is 11.1. The molecule has 13 heavy (non-hydrogen) atoms. The van der Waals surface area contributed by atoms with Crippen molar-refractivity contribution in [3.8, 4) is 0 Å². The Kier molecular flexibility index (Phi) is 3.13. The molecule has 0 amide bonds. The Balaban J connectivity index is 2.99. The van der Waals surface area contributed by atoms with Crippen molar-refractivity contribution in [3.63, 3.8) is 0 Å². The number of halogens is 1. The highest BCUT2D eigenvalue weighted by Gasteiger charge is 2.45. The lowest BCUT2D eigenvalue weighted by molar-refractivity contribution is 0.521. The molecule has 0 fully saturated rings. The summed E-state index contributed by atoms with van der Waals surface area (Å²) in [6, 6.07) is 0. The van der Waals surface area contributed by atoms with Crippen LogP contribution in [0.3, 0.4) is 0 Å². The minimum atomic E-state index is -3.49. The van der Waals surface area contributed by atoms with Crippen molar-refractivity contribution in [2.24, 2.45) is 0 Å². The monoisotopic (exact) mass is 243 g/mol. The average Bonchev–Trinajstić information content (AvgIpc) is 2.49. The summed E-state index contributed by atoms with van der Waals surface area (Å²) in [4.78, 5) is 0. The van der Waals surface area contributed by atoms with Crippen LogP contribution >= 0.6 is 23.4 Å². The summed E-state index contributed by atoms with van der Waals surface area (Å²) in [5.41, 5.74) is 0. The quantitative estimate of drug-likeness (QED) is 0.596. The maximum Gasteiger partial charge on any atom is 0.260 e. The van der Waals surface area contributed by atoms with Gasteiger partial charge in [0.1, 0.15) is 5.16 Å². The van der Waals surface area contributed by atoms with Gasteiger partial charge in [0.2, 0.25) is 0 Å². The standard InChI is InChI=1S/C5H10ClN3O2S2/c1-7-5(13(10,11)8-2)9-4(6)3-12-5/h3,7-9H,1-2H3. The highest BCUT2D eigenvalue weighted by atomic mass is 35.5. The molecule has 0 saturated carbocycles. The van der Waals surface area contributed by atoms with Gasteiger partial charge in [-0.1, -0.05) is 23.4 Å². The molecule has 76 valence electrons. The third kappa shape index (κ3) is 1.79. The van der Waals surface area contributed by atoms with Crippen LogP contribution in [0, 0.1) is 0 Å². The SMILES string of the molecule is CNC1(S(=O)(=O)NC)NC(Cl)=CS1. The fourth-order valence-corrected chi connectivity index (χ4v) is 3.58. The molecule has 1 atom stereocenters. The molecule has 0 aromatic carbocycles. The summed E-state index contributed by atoms with van der Waals surface area (Å²) in [6.07, 6.45) is 0. The predicted molar refractivity (Wildman–Crippen MR) is 54.4 cm³/mol. The van der Waals surface area contributed by atoms with E-state index >= 15 is 0 Å². The molecule has 1 unspecified atom stereocenters. The van der Waals surface area contributed by atoms with E-state index in [0.29, 0.717) is 5.16 Å². The molecular weight excluding hydrogens is 234 g/mol. The molecular formula is C5H10ClN3O2S2. The Hall–Kier alpha value is 0.0500. The van der Waals surface area contributed by atoms with Crippen molar-refractivity contribution >= 4 is 33.4 Å². The summed E-state index contributed by atoms with van der Waals surface area (Å²) in [5.74, 6) is 0. The van der Waals surface area contributed by atoms with Crippen LogP contribution in [0.5, 0.6) is 0 Å². The van der Waals surface area contributed by atoms with E-state index in [1.165, 1.54) is 19.5 Å². The van der Waals surface area contributed by atoms with E-state index in [1.807, 2.05) is 0 Å². The lowest BCUT2D eigenvalue weighted by atomic mass is 10.9. The fourth-order valence-electron chi connectivity index (χ4n) is 0.881. The Morgan fingerprint density at radius 2 is 2.23 bits per heavy atom. The topological polar surface area (TPSA) is 70.2 Å². The van der Waals surface area contributed by atoms with Crippen LogP contribution < -0.4 is 15.4 Å². The van der Waals surface area contributed by atoms with Gasteiger partial charge in [-0.25, -0.2) is 13.1 Å². The maximum atomic E-state index is 11.6. The van der Waals surface area contributed by atoms with E-state index in [1.54, 1.807) is 0 Å². The average molecular weight is 244 g/mol. The third-order valence-electron chi connectivity index (χ3n) is 1.59. The van der Waals surface area contributed by atoms with Crippen molar-refractivity contribution in [2.45, 2.75) is 4.33 Å². The lowest BCUT2D eigenvalue weighted by Crippen LogP contribution is -2.58. The van der Waals surface area contributed by atoms with Gasteiger partial charge < -0.3 is 5.32 Å². The van der Waals surface area contributed by atoms with Crippen LogP contribution in [0.2, 0.25) is 0 Å². The Morgan fingerprint density at radius 3 is 2.54 bits per heavy atom. The Morgan fingerprint density at radius 1 is 1.62 bits per heavy atom. The third-order valence-corrected chi connectivity index (χ3v) is 5.46. The van der Waals surface area contributed by atoms with Crippen LogP contribution in [0.25, 0.3) is 0 Å². The number of thioether (sulfide) groups is 1. The second kappa shape index (κ2) is 3.66. The first-order valence-electron chi connectivity index (χ1n) is 3.41. The van der Waals surface area contributed by atoms with Gasteiger partial charge in [0.25, 0.3) is 14.4 Å². The van der Waals surface area contributed by atoms with Crippen molar-refractivity contribution in [2.75, 3.05) is 14.1 Å². The van der Waals surface area contributed by atoms with E-state index in [-0.39, 0.29) is 0 Å². The molecule has 0 aliphatic carbocycles. The normalized spacial score (nSPS) is 28.4. The minimum Gasteiger partial charge on any atom is -0.335 e. The zero-order valence-corrected chi connectivity index (χ0v) is 9.48. The fraction of sp³-hybridized carbons (Fsp3) is 0.600. The van der Waals surface area contributed by atoms with Crippen LogP contribution in [-0.4, -0.2) is 26.8 Å². The second-order valence-electron chi connectivity index (χ2n) is 2.28. The van der Waals surface area contributed by atoms with Gasteiger partial charge in [0.15, 0.2) is 0 Å². The lowest BCUT2D eigenvalue weighted by Gasteiger charge is -2.27. The summed E-state index contributed by atoms with van der Waals surface area (Å²) >= 11 is 6.70. The van der Waals surface area contributed by atoms with Crippen LogP contribution in [-0.2, 0) is 10.0 Å². The zero-order chi connectivity index (χ0) is 10.1. The van der Waals surface area contributed by atoms with Gasteiger partial charge in [0, 0.05) is 5.41 Å². The molecule has 0 saturated heterocycles. The number of sulfonamides is 1. The summed E-state index contributed by atoms with van der Waals surface area (Å²) in [6.45, 7) is 0. The summed E-state index contributed by atoms with van der Waals surface area (Å²) in [5, 5.41) is 7.14. The molecule has 1 heterocycles. The molecule has 0 bridgehead atoms. The highest BCUT2D eigenvalue weighted by Crippen LogP contribution is 2.34. The van der Waals surface area contributed by atoms with Gasteiger partial charge in [0.05, 0.1) is 0 Å². The zero-order valence-electron chi connectivity index (χ0n) is 7.09. The molecule has 5 nitrogen and oxygen atoms in total. The van der Waals surface area contributed by atoms with Crippen LogP contribution in [0.4, 0.5) is 0 Å². The molecule has 0 radical (unpaired) electrons. The van der Waals surface area contributed by atoms with Gasteiger partial charge >= 0.3 is 0 Å². The van der Waals surface area contributed by atoms with Crippen molar-refractivity contribution in [3.05, 3.63) is 10.6 Å². The van der Waals surface area contributed by atoms with Crippen LogP contribution in [0.15, 0.2) is 10.6 Å². The Labute approximate surface area is 86.3 Å². The minimum absolute atomic E-state index is 0.304. The summed E-state index contributed by atoms with van der Waals surface area (Å²) in [7, 11) is -0.598. The van der Waals surface area contributed by atoms with Gasteiger partial charge in [-0.05, 0) is 14.1 Å². The molecule has 8 heteroatoms. The molecule has 0 spiro atoms. The van der Waals surface area contributed by atoms with E-state index in [4.69, 9.17) is 11.6 Å². The number of rotatable bonds is 3. The van der Waals surface area contributed by atoms with E-state index in [0.717, 1.165) is 11.8 Å². The second-order valence-corrected chi connectivity index (χ2v) is 6.06. The molecule has 1 rings (SSSR count). The largest absolute Gasteiger partial charge is 0.335 e.